The Balaban J connectivity index is 2.77. The highest BCUT2D eigenvalue weighted by molar-refractivity contribution is 5.78. The summed E-state index contributed by atoms with van der Waals surface area (Å²) in [5, 5.41) is 5.27. The van der Waals surface area contributed by atoms with Gasteiger partial charge in [-0.1, -0.05) is 20.8 Å². The van der Waals surface area contributed by atoms with Gasteiger partial charge in [-0.3, -0.25) is 4.79 Å². The van der Waals surface area contributed by atoms with Crippen LogP contribution in [0.1, 0.15) is 74.3 Å². The van der Waals surface area contributed by atoms with Crippen molar-refractivity contribution in [3.8, 4) is 11.5 Å². The number of nitrogens with one attached hydrogen (secondary N) is 1. The minimum Gasteiger partial charge on any atom is -0.490 e. The number of rotatable bonds is 9. The van der Waals surface area contributed by atoms with Crippen LogP contribution in [0.4, 0.5) is 0 Å². The average molecular weight is 394 g/mol. The van der Waals surface area contributed by atoms with Crippen LogP contribution < -0.4 is 20.1 Å². The molecule has 1 aromatic carbocycles. The molecular weight excluding hydrogens is 352 g/mol. The number of ether oxygens (including phenoxy) is 2. The molecule has 0 aromatic heterocycles. The predicted octanol–water partition coefficient (Wildman–Crippen LogP) is 3.66. The van der Waals surface area contributed by atoms with Gasteiger partial charge in [-0.15, -0.1) is 0 Å². The smallest absolute Gasteiger partial charge is 0.258 e. The molecule has 0 aliphatic rings. The van der Waals surface area contributed by atoms with E-state index in [2.05, 4.69) is 45.3 Å². The van der Waals surface area contributed by atoms with E-state index in [4.69, 9.17) is 9.47 Å². The van der Waals surface area contributed by atoms with Crippen LogP contribution in [0.15, 0.2) is 18.2 Å². The van der Waals surface area contributed by atoms with Gasteiger partial charge >= 0.3 is 0 Å². The topological polar surface area (TPSA) is 64.2 Å². The number of benzene rings is 1. The van der Waals surface area contributed by atoms with Crippen molar-refractivity contribution >= 4 is 5.91 Å². The lowest BCUT2D eigenvalue weighted by molar-refractivity contribution is -0.737. The highest BCUT2D eigenvalue weighted by Gasteiger charge is 2.28. The van der Waals surface area contributed by atoms with E-state index >= 15 is 0 Å². The van der Waals surface area contributed by atoms with E-state index in [0.29, 0.717) is 23.5 Å². The summed E-state index contributed by atoms with van der Waals surface area (Å²) in [6.07, 6.45) is 1.13. The number of quaternary nitrogens is 1. The van der Waals surface area contributed by atoms with Crippen LogP contribution in [0.25, 0.3) is 0 Å². The molecule has 3 N–H and O–H groups in total. The third kappa shape index (κ3) is 9.98. The Hall–Kier alpha value is -1.75. The molecule has 0 aliphatic carbocycles. The van der Waals surface area contributed by atoms with Crippen LogP contribution in [0, 0.1) is 5.41 Å². The summed E-state index contributed by atoms with van der Waals surface area (Å²) in [6, 6.07) is 5.96. The first kappa shape index (κ1) is 24.3. The first-order valence-corrected chi connectivity index (χ1v) is 10.2. The van der Waals surface area contributed by atoms with Crippen LogP contribution >= 0.6 is 0 Å². The lowest BCUT2D eigenvalue weighted by Crippen LogP contribution is -2.94. The van der Waals surface area contributed by atoms with Crippen molar-refractivity contribution in [1.82, 2.24) is 5.32 Å². The van der Waals surface area contributed by atoms with E-state index in [-0.39, 0.29) is 23.6 Å². The maximum atomic E-state index is 12.0. The van der Waals surface area contributed by atoms with Crippen molar-refractivity contribution in [3.05, 3.63) is 23.8 Å². The molecule has 1 aromatic rings. The second-order valence-corrected chi connectivity index (χ2v) is 10.4. The molecule has 0 unspecified atom stereocenters. The van der Waals surface area contributed by atoms with Gasteiger partial charge in [0.05, 0.1) is 12.1 Å². The Kier molecular flexibility index (Phi) is 8.36. The first-order chi connectivity index (χ1) is 12.7. The normalized spacial score (nSPS) is 12.6. The number of nitrogens with two attached hydrogens (primary N) is 1. The number of hydrogen-bond donors (Lipinski definition) is 2. The zero-order chi connectivity index (χ0) is 21.6. The Labute approximate surface area is 171 Å². The molecule has 0 radical (unpaired) electrons. The summed E-state index contributed by atoms with van der Waals surface area (Å²) in [5.74, 6) is 1.14. The van der Waals surface area contributed by atoms with Gasteiger partial charge < -0.3 is 20.1 Å². The fourth-order valence-electron chi connectivity index (χ4n) is 3.50. The van der Waals surface area contributed by atoms with Gasteiger partial charge in [0, 0.05) is 17.5 Å². The minimum absolute atomic E-state index is 0.0264. The summed E-state index contributed by atoms with van der Waals surface area (Å²) >= 11 is 0. The molecule has 0 spiro atoms. The highest BCUT2D eigenvalue weighted by Crippen LogP contribution is 2.29. The van der Waals surface area contributed by atoms with Gasteiger partial charge in [0.2, 0.25) is 0 Å². The highest BCUT2D eigenvalue weighted by atomic mass is 16.5. The zero-order valence-corrected chi connectivity index (χ0v) is 19.4. The van der Waals surface area contributed by atoms with Gasteiger partial charge in [-0.05, 0) is 65.2 Å². The summed E-state index contributed by atoms with van der Waals surface area (Å²) in [6.45, 7) is 20.6. The summed E-state index contributed by atoms with van der Waals surface area (Å²) in [5.41, 5.74) is 1.35. The van der Waals surface area contributed by atoms with Crippen LogP contribution in [0.3, 0.4) is 0 Å². The SMILES string of the molecule is CCOc1cc(C[NH2+]C(C)(C)CC(C)(C)C)ccc1OCC(=O)NC(C)(C)C. The van der Waals surface area contributed by atoms with Gasteiger partial charge in [0.1, 0.15) is 6.54 Å². The summed E-state index contributed by atoms with van der Waals surface area (Å²) < 4.78 is 11.5. The molecule has 0 fully saturated rings. The van der Waals surface area contributed by atoms with Gasteiger partial charge in [0.15, 0.2) is 18.1 Å². The number of amides is 1. The fourth-order valence-corrected chi connectivity index (χ4v) is 3.50. The van der Waals surface area contributed by atoms with Gasteiger partial charge in [0.25, 0.3) is 5.91 Å². The molecule has 160 valence electrons. The average Bonchev–Trinajstić information content (AvgIpc) is 2.48. The van der Waals surface area contributed by atoms with Crippen molar-refractivity contribution < 1.29 is 19.6 Å². The third-order valence-electron chi connectivity index (χ3n) is 4.06. The summed E-state index contributed by atoms with van der Waals surface area (Å²) in [4.78, 5) is 12.0. The fraction of sp³-hybridized carbons (Fsp3) is 0.696. The Morgan fingerprint density at radius 1 is 1.00 bits per heavy atom. The van der Waals surface area contributed by atoms with Gasteiger partial charge in [-0.2, -0.15) is 0 Å². The molecule has 0 heterocycles. The molecule has 1 rings (SSSR count). The quantitative estimate of drug-likeness (QED) is 0.673. The molecule has 0 bridgehead atoms. The van der Waals surface area contributed by atoms with Crippen molar-refractivity contribution in [2.45, 2.75) is 86.4 Å². The monoisotopic (exact) mass is 393 g/mol. The van der Waals surface area contributed by atoms with E-state index in [9.17, 15) is 4.79 Å². The Morgan fingerprint density at radius 2 is 1.64 bits per heavy atom. The van der Waals surface area contributed by atoms with E-state index in [1.807, 2.05) is 45.9 Å². The Bertz CT molecular complexity index is 640. The molecule has 5 nitrogen and oxygen atoms in total. The first-order valence-electron chi connectivity index (χ1n) is 10.2. The van der Waals surface area contributed by atoms with Crippen molar-refractivity contribution in [1.29, 1.82) is 0 Å². The van der Waals surface area contributed by atoms with Crippen LogP contribution in [-0.4, -0.2) is 30.2 Å². The molecule has 1 amide bonds. The zero-order valence-electron chi connectivity index (χ0n) is 19.4. The standard InChI is InChI=1S/C23H40N2O3/c1-10-27-19-13-17(14-24-23(8,9)16-21(2,3)4)11-12-18(19)28-15-20(26)25-22(5,6)7/h11-13,24H,10,14-16H2,1-9H3,(H,25,26)/p+1. The van der Waals surface area contributed by atoms with Gasteiger partial charge in [-0.25, -0.2) is 0 Å². The van der Waals surface area contributed by atoms with Crippen molar-refractivity contribution in [3.63, 3.8) is 0 Å². The molecule has 0 saturated carbocycles. The van der Waals surface area contributed by atoms with E-state index < -0.39 is 0 Å². The number of carbonyl (C=O) groups is 1. The Morgan fingerprint density at radius 3 is 2.18 bits per heavy atom. The number of hydrogen-bond acceptors (Lipinski definition) is 3. The third-order valence-corrected chi connectivity index (χ3v) is 4.06. The lowest BCUT2D eigenvalue weighted by Gasteiger charge is -2.30. The van der Waals surface area contributed by atoms with Crippen LogP contribution in [0.2, 0.25) is 0 Å². The molecule has 28 heavy (non-hydrogen) atoms. The lowest BCUT2D eigenvalue weighted by atomic mass is 9.82. The number of carbonyl (C=O) groups excluding carboxylic acids is 1. The van der Waals surface area contributed by atoms with Crippen molar-refractivity contribution in [2.75, 3.05) is 13.2 Å². The molecule has 0 atom stereocenters. The molecule has 0 aliphatic heterocycles. The van der Waals surface area contributed by atoms with Crippen LogP contribution in [-0.2, 0) is 11.3 Å². The van der Waals surface area contributed by atoms with E-state index in [1.54, 1.807) is 0 Å². The second kappa shape index (κ2) is 9.64. The molecular formula is C23H41N2O3+. The van der Waals surface area contributed by atoms with E-state index in [1.165, 1.54) is 5.56 Å². The second-order valence-electron chi connectivity index (χ2n) is 10.4. The minimum atomic E-state index is -0.275. The summed E-state index contributed by atoms with van der Waals surface area (Å²) in [7, 11) is 0. The predicted molar refractivity (Wildman–Crippen MR) is 115 cm³/mol. The van der Waals surface area contributed by atoms with Crippen molar-refractivity contribution in [2.24, 2.45) is 5.41 Å². The maximum Gasteiger partial charge on any atom is 0.258 e. The van der Waals surface area contributed by atoms with Crippen LogP contribution in [0.5, 0.6) is 11.5 Å². The molecule has 0 saturated heterocycles. The molecule has 5 heteroatoms. The maximum absolute atomic E-state index is 12.0. The largest absolute Gasteiger partial charge is 0.490 e. The van der Waals surface area contributed by atoms with E-state index in [0.717, 1.165) is 13.0 Å².